The zero-order valence-corrected chi connectivity index (χ0v) is 14.0. The van der Waals surface area contributed by atoms with Crippen molar-refractivity contribution >= 4 is 11.9 Å². The van der Waals surface area contributed by atoms with Crippen molar-refractivity contribution in [2.24, 2.45) is 11.8 Å². The summed E-state index contributed by atoms with van der Waals surface area (Å²) in [5, 5.41) is 0. The molecule has 4 fully saturated rings. The van der Waals surface area contributed by atoms with E-state index in [-0.39, 0.29) is 11.8 Å². The van der Waals surface area contributed by atoms with Gasteiger partial charge in [0, 0.05) is 11.8 Å². The van der Waals surface area contributed by atoms with Crippen LogP contribution in [0.25, 0.3) is 0 Å². The minimum absolute atomic E-state index is 0.235. The molecule has 6 nitrogen and oxygen atoms in total. The van der Waals surface area contributed by atoms with E-state index in [2.05, 4.69) is 0 Å². The van der Waals surface area contributed by atoms with E-state index >= 15 is 0 Å². The predicted octanol–water partition coefficient (Wildman–Crippen LogP) is 2.68. The largest absolute Gasteiger partial charge is 0.433 e. The molecule has 4 aliphatic rings. The van der Waals surface area contributed by atoms with Gasteiger partial charge in [-0.1, -0.05) is 38.5 Å². The summed E-state index contributed by atoms with van der Waals surface area (Å²) in [5.41, 5.74) is 0. The van der Waals surface area contributed by atoms with Crippen LogP contribution in [0.5, 0.6) is 0 Å². The maximum Gasteiger partial charge on any atom is 0.341 e. The summed E-state index contributed by atoms with van der Waals surface area (Å²) < 4.78 is 22.4. The Morgan fingerprint density at radius 3 is 1.33 bits per heavy atom. The van der Waals surface area contributed by atoms with Gasteiger partial charge in [-0.05, 0) is 25.7 Å². The summed E-state index contributed by atoms with van der Waals surface area (Å²) in [4.78, 5) is 24.4. The molecule has 134 valence electrons. The minimum atomic E-state index is -0.974. The molecule has 2 aliphatic heterocycles. The van der Waals surface area contributed by atoms with Crippen molar-refractivity contribution in [3.8, 4) is 0 Å². The standard InChI is InChI=1S/C18H26O6/c19-15-13(21-17(23-15)11-7-3-1-4-8-11)14-16(20)24-18(22-14)12-9-5-2-6-10-12/h11-14,17-18H,1-10H2/t13-,14-,17-,18-/m0/s1. The number of carbonyl (C=O) groups is 2. The lowest BCUT2D eigenvalue weighted by Crippen LogP contribution is -2.37. The van der Waals surface area contributed by atoms with Gasteiger partial charge in [0.15, 0.2) is 12.2 Å². The topological polar surface area (TPSA) is 71.1 Å². The molecule has 0 radical (unpaired) electrons. The molecular formula is C18H26O6. The van der Waals surface area contributed by atoms with Gasteiger partial charge >= 0.3 is 11.9 Å². The molecule has 4 atom stereocenters. The molecule has 4 rings (SSSR count). The highest BCUT2D eigenvalue weighted by atomic mass is 16.8. The zero-order valence-electron chi connectivity index (χ0n) is 14.0. The Labute approximate surface area is 142 Å². The van der Waals surface area contributed by atoms with E-state index < -0.39 is 36.7 Å². The van der Waals surface area contributed by atoms with Crippen LogP contribution in [-0.4, -0.2) is 36.7 Å². The van der Waals surface area contributed by atoms with E-state index in [0.29, 0.717) is 0 Å². The van der Waals surface area contributed by atoms with Crippen LogP contribution < -0.4 is 0 Å². The van der Waals surface area contributed by atoms with E-state index in [1.54, 1.807) is 0 Å². The number of cyclic esters (lactones) is 2. The van der Waals surface area contributed by atoms with Crippen molar-refractivity contribution in [1.29, 1.82) is 0 Å². The highest BCUT2D eigenvalue weighted by Crippen LogP contribution is 2.37. The minimum Gasteiger partial charge on any atom is -0.433 e. The molecule has 2 saturated carbocycles. The molecule has 6 heteroatoms. The Morgan fingerprint density at radius 2 is 0.958 bits per heavy atom. The Balaban J connectivity index is 1.38. The van der Waals surface area contributed by atoms with Crippen molar-refractivity contribution in [1.82, 2.24) is 0 Å². The number of carbonyl (C=O) groups excluding carboxylic acids is 2. The number of ether oxygens (including phenoxy) is 4. The maximum absolute atomic E-state index is 12.2. The van der Waals surface area contributed by atoms with Crippen molar-refractivity contribution in [3.05, 3.63) is 0 Å². The molecule has 0 aromatic heterocycles. The summed E-state index contributed by atoms with van der Waals surface area (Å²) >= 11 is 0. The quantitative estimate of drug-likeness (QED) is 0.737. The average molecular weight is 338 g/mol. The Kier molecular flexibility index (Phi) is 4.77. The molecule has 24 heavy (non-hydrogen) atoms. The Bertz CT molecular complexity index is 436. The van der Waals surface area contributed by atoms with Crippen molar-refractivity contribution in [3.63, 3.8) is 0 Å². The lowest BCUT2D eigenvalue weighted by Gasteiger charge is -2.26. The number of hydrogen-bond donors (Lipinski definition) is 0. The van der Waals surface area contributed by atoms with Crippen molar-refractivity contribution < 1.29 is 28.5 Å². The Hall–Kier alpha value is -1.14. The Morgan fingerprint density at radius 1 is 0.583 bits per heavy atom. The molecule has 0 bridgehead atoms. The first-order valence-corrected chi connectivity index (χ1v) is 9.44. The van der Waals surface area contributed by atoms with Crippen molar-refractivity contribution in [2.75, 3.05) is 0 Å². The first kappa shape index (κ1) is 16.3. The zero-order chi connectivity index (χ0) is 16.5. The second kappa shape index (κ2) is 7.00. The smallest absolute Gasteiger partial charge is 0.341 e. The van der Waals surface area contributed by atoms with Gasteiger partial charge in [-0.25, -0.2) is 9.59 Å². The van der Waals surface area contributed by atoms with E-state index in [1.165, 1.54) is 12.8 Å². The predicted molar refractivity (Wildman–Crippen MR) is 82.7 cm³/mol. The fourth-order valence-electron chi connectivity index (χ4n) is 4.44. The van der Waals surface area contributed by atoms with Crippen molar-refractivity contribution in [2.45, 2.75) is 89.0 Å². The molecule has 0 N–H and O–H groups in total. The van der Waals surface area contributed by atoms with E-state index in [0.717, 1.165) is 51.4 Å². The summed E-state index contributed by atoms with van der Waals surface area (Å²) in [5.74, 6) is -0.507. The van der Waals surface area contributed by atoms with Gasteiger partial charge in [-0.2, -0.15) is 0 Å². The third-order valence-electron chi connectivity index (χ3n) is 5.84. The van der Waals surface area contributed by atoms with Gasteiger partial charge in [-0.3, -0.25) is 0 Å². The highest BCUT2D eigenvalue weighted by molar-refractivity contribution is 5.87. The molecular weight excluding hydrogens is 312 g/mol. The fraction of sp³-hybridized carbons (Fsp3) is 0.889. The molecule has 0 aromatic carbocycles. The highest BCUT2D eigenvalue weighted by Gasteiger charge is 2.52. The van der Waals surface area contributed by atoms with Crippen LogP contribution in [0.4, 0.5) is 0 Å². The van der Waals surface area contributed by atoms with Gasteiger partial charge in [0.2, 0.25) is 12.6 Å². The lowest BCUT2D eigenvalue weighted by molar-refractivity contribution is -0.150. The number of hydrogen-bond acceptors (Lipinski definition) is 6. The lowest BCUT2D eigenvalue weighted by atomic mass is 9.89. The molecule has 2 heterocycles. The van der Waals surface area contributed by atoms with E-state index in [1.807, 2.05) is 0 Å². The van der Waals surface area contributed by atoms with Crippen LogP contribution in [0.1, 0.15) is 64.2 Å². The molecule has 0 unspecified atom stereocenters. The van der Waals surface area contributed by atoms with Gasteiger partial charge < -0.3 is 18.9 Å². The second-order valence-electron chi connectivity index (χ2n) is 7.52. The summed E-state index contributed by atoms with van der Waals surface area (Å²) in [6, 6.07) is 0. The van der Waals surface area contributed by atoms with Crippen LogP contribution in [0.15, 0.2) is 0 Å². The molecule has 0 spiro atoms. The van der Waals surface area contributed by atoms with Crippen LogP contribution in [0.3, 0.4) is 0 Å². The number of rotatable bonds is 3. The normalized spacial score (nSPS) is 39.0. The second-order valence-corrected chi connectivity index (χ2v) is 7.52. The first-order valence-electron chi connectivity index (χ1n) is 9.44. The van der Waals surface area contributed by atoms with Crippen LogP contribution in [0, 0.1) is 11.8 Å². The average Bonchev–Trinajstić information content (AvgIpc) is 3.19. The van der Waals surface area contributed by atoms with E-state index in [4.69, 9.17) is 18.9 Å². The summed E-state index contributed by atoms with van der Waals surface area (Å²) in [7, 11) is 0. The van der Waals surface area contributed by atoms with E-state index in [9.17, 15) is 9.59 Å². The SMILES string of the molecule is O=C1O[C@@H](C2CCCCC2)O[C@H]1[C@@H]1O[C@H](C2CCCCC2)OC1=O. The third-order valence-corrected chi connectivity index (χ3v) is 5.84. The molecule has 0 aromatic rings. The third kappa shape index (κ3) is 3.18. The maximum atomic E-state index is 12.2. The van der Waals surface area contributed by atoms with Gasteiger partial charge in [0.25, 0.3) is 0 Å². The summed E-state index contributed by atoms with van der Waals surface area (Å²) in [6.07, 6.45) is 8.00. The summed E-state index contributed by atoms with van der Waals surface area (Å²) in [6.45, 7) is 0. The fourth-order valence-corrected chi connectivity index (χ4v) is 4.44. The van der Waals surface area contributed by atoms with Gasteiger partial charge in [-0.15, -0.1) is 0 Å². The van der Waals surface area contributed by atoms with Crippen LogP contribution >= 0.6 is 0 Å². The van der Waals surface area contributed by atoms with Gasteiger partial charge in [0.05, 0.1) is 0 Å². The molecule has 2 saturated heterocycles. The number of esters is 2. The van der Waals surface area contributed by atoms with Gasteiger partial charge in [0.1, 0.15) is 0 Å². The monoisotopic (exact) mass is 338 g/mol. The van der Waals surface area contributed by atoms with Crippen LogP contribution in [-0.2, 0) is 28.5 Å². The first-order chi connectivity index (χ1) is 11.7. The molecule has 2 aliphatic carbocycles. The molecule has 0 amide bonds. The van der Waals surface area contributed by atoms with Crippen LogP contribution in [0.2, 0.25) is 0 Å².